The molecule has 1 N–H and O–H groups in total. The third kappa shape index (κ3) is 4.15. The van der Waals surface area contributed by atoms with E-state index in [9.17, 15) is 5.11 Å². The second-order valence-corrected chi connectivity index (χ2v) is 18.1. The normalized spacial score (nSPS) is 26.4. The molecule has 106 valence electrons. The molecule has 1 rings (SSSR count). The van der Waals surface area contributed by atoms with Crippen LogP contribution in [-0.4, -0.2) is 36.9 Å². The van der Waals surface area contributed by atoms with Gasteiger partial charge < -0.3 is 9.34 Å². The quantitative estimate of drug-likeness (QED) is 0.615. The van der Waals surface area contributed by atoms with Gasteiger partial charge in [0.05, 0.1) is 0 Å². The first kappa shape index (κ1) is 16.3. The zero-order valence-corrected chi connectivity index (χ0v) is 15.6. The Kier molecular flexibility index (Phi) is 5.20. The third-order valence-corrected chi connectivity index (χ3v) is 11.8. The number of aliphatic hydroxyl groups is 1. The Morgan fingerprint density at radius 3 is 1.61 bits per heavy atom. The van der Waals surface area contributed by atoms with Gasteiger partial charge in [-0.2, -0.15) is 0 Å². The van der Waals surface area contributed by atoms with E-state index in [-0.39, 0.29) is 11.0 Å². The van der Waals surface area contributed by atoms with E-state index in [0.29, 0.717) is 0 Å². The third-order valence-electron chi connectivity index (χ3n) is 3.86. The Hall–Kier alpha value is 0.284. The van der Waals surface area contributed by atoms with Crippen molar-refractivity contribution in [2.45, 2.75) is 71.0 Å². The lowest BCUT2D eigenvalue weighted by molar-refractivity contribution is 0.285. The minimum atomic E-state index is -1.26. The van der Waals surface area contributed by atoms with Gasteiger partial charge in [0.1, 0.15) is 16.5 Å². The fourth-order valence-electron chi connectivity index (χ4n) is 3.68. The maximum Gasteiger partial charge on any atom is 0.159 e. The molecule has 0 amide bonds. The van der Waals surface area contributed by atoms with Crippen LogP contribution in [0.15, 0.2) is 0 Å². The van der Waals surface area contributed by atoms with Gasteiger partial charge in [-0.1, -0.05) is 39.3 Å². The van der Waals surface area contributed by atoms with Crippen LogP contribution in [0, 0.1) is 5.92 Å². The van der Waals surface area contributed by atoms with Gasteiger partial charge in [0.25, 0.3) is 0 Å². The summed E-state index contributed by atoms with van der Waals surface area (Å²) in [6.07, 6.45) is 4.57. The van der Waals surface area contributed by atoms with Gasteiger partial charge in [0.15, 0.2) is 5.05 Å². The van der Waals surface area contributed by atoms with Crippen molar-refractivity contribution in [1.82, 2.24) is 4.23 Å². The summed E-state index contributed by atoms with van der Waals surface area (Å²) < 4.78 is 2.91. The van der Waals surface area contributed by atoms with E-state index in [1.165, 1.54) is 12.8 Å². The minimum Gasteiger partial charge on any atom is -0.502 e. The maximum absolute atomic E-state index is 9.46. The first-order chi connectivity index (χ1) is 8.03. The van der Waals surface area contributed by atoms with Crippen LogP contribution in [-0.2, 0) is 0 Å². The lowest BCUT2D eigenvalue weighted by Crippen LogP contribution is -2.63. The van der Waals surface area contributed by atoms with Gasteiger partial charge >= 0.3 is 0 Å². The zero-order valence-electron chi connectivity index (χ0n) is 12.8. The molecule has 0 spiro atoms. The van der Waals surface area contributed by atoms with Crippen molar-refractivity contribution in [1.29, 1.82) is 0 Å². The van der Waals surface area contributed by atoms with Crippen molar-refractivity contribution in [3.63, 3.8) is 0 Å². The Balaban J connectivity index is 2.77. The van der Waals surface area contributed by atoms with Crippen LogP contribution in [0.4, 0.5) is 0 Å². The average molecular weight is 304 g/mol. The number of hydrogen-bond acceptors (Lipinski definition) is 2. The first-order valence-electron chi connectivity index (χ1n) is 7.05. The molecular formula is C13H29NOSSi2. The highest BCUT2D eigenvalue weighted by atomic mass is 32.1. The number of thiocarbonyl (C=S) groups is 1. The molecule has 0 aromatic rings. The molecule has 0 aromatic carbocycles. The standard InChI is InChI=1S/C13H29NOSSi2/c1-17(2,3)14(18(4,5)6)12-9-7-11(8-10-12)13(15)16/h11-12H,7-10H2,1-6H3,(H,15,16). The highest BCUT2D eigenvalue weighted by Gasteiger charge is 2.40. The molecule has 1 aliphatic rings. The van der Waals surface area contributed by atoms with Crippen LogP contribution in [0.5, 0.6) is 0 Å². The fourth-order valence-corrected chi connectivity index (χ4v) is 14.7. The molecule has 0 radical (unpaired) electrons. The van der Waals surface area contributed by atoms with Gasteiger partial charge in [0.2, 0.25) is 0 Å². The SMILES string of the molecule is C[Si](C)(C)N(C1CCC(C(O)=S)CC1)[Si](C)(C)C. The maximum atomic E-state index is 9.46. The van der Waals surface area contributed by atoms with Gasteiger partial charge in [-0.3, -0.25) is 0 Å². The number of nitrogens with zero attached hydrogens (tertiary/aromatic N) is 1. The molecular weight excluding hydrogens is 274 g/mol. The predicted octanol–water partition coefficient (Wildman–Crippen LogP) is 4.40. The second kappa shape index (κ2) is 5.73. The molecule has 0 aromatic heterocycles. The van der Waals surface area contributed by atoms with Crippen molar-refractivity contribution >= 4 is 33.7 Å². The zero-order chi connectivity index (χ0) is 14.1. The largest absolute Gasteiger partial charge is 0.502 e. The van der Waals surface area contributed by atoms with Crippen molar-refractivity contribution in [2.75, 3.05) is 0 Å². The molecule has 0 saturated heterocycles. The Morgan fingerprint density at radius 1 is 0.944 bits per heavy atom. The molecule has 1 saturated carbocycles. The monoisotopic (exact) mass is 303 g/mol. The molecule has 18 heavy (non-hydrogen) atoms. The summed E-state index contributed by atoms with van der Waals surface area (Å²) in [5, 5.41) is 9.69. The summed E-state index contributed by atoms with van der Waals surface area (Å²) in [6.45, 7) is 14.8. The molecule has 5 heteroatoms. The highest BCUT2D eigenvalue weighted by molar-refractivity contribution is 7.80. The van der Waals surface area contributed by atoms with E-state index in [1.807, 2.05) is 0 Å². The molecule has 0 unspecified atom stereocenters. The molecule has 1 aliphatic carbocycles. The van der Waals surface area contributed by atoms with Crippen LogP contribution >= 0.6 is 12.2 Å². The van der Waals surface area contributed by atoms with Crippen molar-refractivity contribution < 1.29 is 5.11 Å². The molecule has 2 nitrogen and oxygen atoms in total. The van der Waals surface area contributed by atoms with Crippen LogP contribution in [0.2, 0.25) is 39.3 Å². The second-order valence-electron chi connectivity index (χ2n) is 7.56. The lowest BCUT2D eigenvalue weighted by Gasteiger charge is -2.50. The summed E-state index contributed by atoms with van der Waals surface area (Å²) in [5.74, 6) is 0.279. The van der Waals surface area contributed by atoms with E-state index in [4.69, 9.17) is 12.2 Å². The summed E-state index contributed by atoms with van der Waals surface area (Å²) >= 11 is 4.93. The average Bonchev–Trinajstić information content (AvgIpc) is 2.13. The molecule has 0 bridgehead atoms. The number of aliphatic hydroxyl groups excluding tert-OH is 1. The van der Waals surface area contributed by atoms with Gasteiger partial charge in [-0.25, -0.2) is 0 Å². The van der Waals surface area contributed by atoms with E-state index >= 15 is 0 Å². The summed E-state index contributed by atoms with van der Waals surface area (Å²) in [4.78, 5) is 0. The van der Waals surface area contributed by atoms with Gasteiger partial charge in [-0.15, -0.1) is 0 Å². The summed E-state index contributed by atoms with van der Waals surface area (Å²) in [5.41, 5.74) is 0. The number of rotatable bonds is 4. The lowest BCUT2D eigenvalue weighted by atomic mass is 9.87. The minimum absolute atomic E-state index is 0.237. The first-order valence-corrected chi connectivity index (χ1v) is 14.4. The molecule has 0 heterocycles. The number of hydrogen-bond donors (Lipinski definition) is 1. The molecule has 1 fully saturated rings. The van der Waals surface area contributed by atoms with Crippen LogP contribution < -0.4 is 0 Å². The van der Waals surface area contributed by atoms with E-state index in [1.54, 1.807) is 0 Å². The predicted molar refractivity (Wildman–Crippen MR) is 89.5 cm³/mol. The van der Waals surface area contributed by atoms with Crippen LogP contribution in [0.3, 0.4) is 0 Å². The molecule has 0 atom stereocenters. The highest BCUT2D eigenvalue weighted by Crippen LogP contribution is 2.34. The van der Waals surface area contributed by atoms with Crippen LogP contribution in [0.1, 0.15) is 25.7 Å². The van der Waals surface area contributed by atoms with E-state index in [0.717, 1.165) is 18.9 Å². The topological polar surface area (TPSA) is 23.5 Å². The van der Waals surface area contributed by atoms with Crippen molar-refractivity contribution in [2.24, 2.45) is 5.92 Å². The fraction of sp³-hybridized carbons (Fsp3) is 0.923. The molecule has 0 aliphatic heterocycles. The van der Waals surface area contributed by atoms with Crippen LogP contribution in [0.25, 0.3) is 0 Å². The Bertz CT molecular complexity index is 287. The van der Waals surface area contributed by atoms with Crippen molar-refractivity contribution in [3.8, 4) is 0 Å². The van der Waals surface area contributed by atoms with Gasteiger partial charge in [-0.05, 0) is 43.9 Å². The Morgan fingerprint density at radius 2 is 1.33 bits per heavy atom. The Labute approximate surface area is 120 Å². The summed E-state index contributed by atoms with van der Waals surface area (Å²) in [7, 11) is -2.52. The smallest absolute Gasteiger partial charge is 0.159 e. The van der Waals surface area contributed by atoms with E-state index < -0.39 is 16.5 Å². The van der Waals surface area contributed by atoms with Crippen molar-refractivity contribution in [3.05, 3.63) is 0 Å². The van der Waals surface area contributed by atoms with E-state index in [2.05, 4.69) is 43.5 Å². The summed E-state index contributed by atoms with van der Waals surface area (Å²) in [6, 6.07) is 0.730. The van der Waals surface area contributed by atoms with Gasteiger partial charge in [0, 0.05) is 5.92 Å².